The molecule has 1 aliphatic rings. The highest BCUT2D eigenvalue weighted by molar-refractivity contribution is 14.1. The number of hydrogen-bond acceptors (Lipinski definition) is 2. The Bertz CT molecular complexity index is 631. The number of rotatable bonds is 3. The minimum Gasteiger partial charge on any atom is -0.234 e. The molecule has 104 valence electrons. The maximum atomic E-state index is 4.38. The predicted octanol–water partition coefficient (Wildman–Crippen LogP) is 4.65. The highest BCUT2D eigenvalue weighted by Gasteiger charge is 2.16. The van der Waals surface area contributed by atoms with Crippen molar-refractivity contribution in [3.8, 4) is 0 Å². The van der Waals surface area contributed by atoms with Gasteiger partial charge in [0.2, 0.25) is 0 Å². The summed E-state index contributed by atoms with van der Waals surface area (Å²) >= 11 is 5.82. The van der Waals surface area contributed by atoms with E-state index in [-0.39, 0.29) is 0 Å². The summed E-state index contributed by atoms with van der Waals surface area (Å²) < 4.78 is 4.22. The summed E-state index contributed by atoms with van der Waals surface area (Å²) in [5.41, 5.74) is 3.67. The lowest BCUT2D eigenvalue weighted by Crippen LogP contribution is -2.04. The van der Waals surface area contributed by atoms with Gasteiger partial charge in [0.1, 0.15) is 9.39 Å². The Hall–Kier alpha value is -0.690. The van der Waals surface area contributed by atoms with E-state index in [2.05, 4.69) is 79.2 Å². The second-order valence-electron chi connectivity index (χ2n) is 4.99. The molecule has 0 atom stereocenters. The Morgan fingerprint density at radius 3 is 2.70 bits per heavy atom. The Kier molecular flexibility index (Phi) is 4.55. The number of hydrogen-bond donors (Lipinski definition) is 0. The van der Waals surface area contributed by atoms with Gasteiger partial charge in [0.05, 0.1) is 6.54 Å². The van der Waals surface area contributed by atoms with Gasteiger partial charge in [0.15, 0.2) is 0 Å². The summed E-state index contributed by atoms with van der Waals surface area (Å²) in [7, 11) is 0. The Balaban J connectivity index is 1.83. The van der Waals surface area contributed by atoms with Crippen LogP contribution in [0.25, 0.3) is 5.57 Å². The van der Waals surface area contributed by atoms with Crippen molar-refractivity contribution in [2.75, 3.05) is 0 Å². The van der Waals surface area contributed by atoms with E-state index in [0.29, 0.717) is 0 Å². The van der Waals surface area contributed by atoms with E-state index >= 15 is 0 Å². The van der Waals surface area contributed by atoms with Gasteiger partial charge in [-0.05, 0) is 71.5 Å². The van der Waals surface area contributed by atoms with Gasteiger partial charge in [0, 0.05) is 4.47 Å². The van der Waals surface area contributed by atoms with Gasteiger partial charge in [-0.25, -0.2) is 4.68 Å². The Labute approximate surface area is 140 Å². The van der Waals surface area contributed by atoms with Crippen molar-refractivity contribution in [2.24, 2.45) is 0 Å². The summed E-state index contributed by atoms with van der Waals surface area (Å²) in [6, 6.07) is 8.34. The first-order valence-electron chi connectivity index (χ1n) is 6.77. The van der Waals surface area contributed by atoms with Crippen LogP contribution in [0.5, 0.6) is 0 Å². The van der Waals surface area contributed by atoms with Crippen molar-refractivity contribution < 1.29 is 0 Å². The molecule has 1 heterocycles. The number of allylic oxidation sites excluding steroid dienone is 2. The van der Waals surface area contributed by atoms with Crippen LogP contribution in [0.4, 0.5) is 0 Å². The van der Waals surface area contributed by atoms with Crippen molar-refractivity contribution in [1.29, 1.82) is 0 Å². The molecule has 0 bridgehead atoms. The lowest BCUT2D eigenvalue weighted by atomic mass is 9.98. The van der Waals surface area contributed by atoms with E-state index in [4.69, 9.17) is 0 Å². The first kappa shape index (κ1) is 14.3. The highest BCUT2D eigenvalue weighted by atomic mass is 127. The van der Waals surface area contributed by atoms with E-state index < -0.39 is 0 Å². The zero-order valence-corrected chi connectivity index (χ0v) is 14.8. The number of halogens is 2. The predicted molar refractivity (Wildman–Crippen MR) is 92.4 cm³/mol. The third-order valence-corrected chi connectivity index (χ3v) is 5.11. The molecule has 0 radical (unpaired) electrons. The molecule has 1 aliphatic carbocycles. The van der Waals surface area contributed by atoms with Gasteiger partial charge in [-0.15, -0.1) is 5.10 Å². The van der Waals surface area contributed by atoms with E-state index in [1.165, 1.54) is 30.4 Å². The largest absolute Gasteiger partial charge is 0.234 e. The van der Waals surface area contributed by atoms with Crippen LogP contribution in [0.2, 0.25) is 0 Å². The summed E-state index contributed by atoms with van der Waals surface area (Å²) in [6.07, 6.45) is 7.19. The molecule has 1 aromatic heterocycles. The summed E-state index contributed by atoms with van der Waals surface area (Å²) in [5.74, 6) is 0. The minimum atomic E-state index is 0.770. The molecule has 0 saturated carbocycles. The van der Waals surface area contributed by atoms with Crippen LogP contribution in [-0.2, 0) is 6.54 Å². The molecule has 20 heavy (non-hydrogen) atoms. The Morgan fingerprint density at radius 1 is 1.20 bits per heavy atom. The topological polar surface area (TPSA) is 30.7 Å². The van der Waals surface area contributed by atoms with Gasteiger partial charge in [-0.2, -0.15) is 0 Å². The SMILES string of the molecule is Brc1ccc(Cn2nnc(C3=CCCCC3)c2I)cc1. The second kappa shape index (κ2) is 6.39. The molecule has 1 aromatic carbocycles. The molecule has 0 N–H and O–H groups in total. The highest BCUT2D eigenvalue weighted by Crippen LogP contribution is 2.28. The van der Waals surface area contributed by atoms with Crippen LogP contribution in [0.3, 0.4) is 0 Å². The second-order valence-corrected chi connectivity index (χ2v) is 6.93. The average molecular weight is 444 g/mol. The normalized spacial score (nSPS) is 15.2. The van der Waals surface area contributed by atoms with Crippen LogP contribution < -0.4 is 0 Å². The molecular formula is C15H15BrIN3. The van der Waals surface area contributed by atoms with Gasteiger partial charge >= 0.3 is 0 Å². The fraction of sp³-hybridized carbons (Fsp3) is 0.333. The third-order valence-electron chi connectivity index (χ3n) is 3.52. The van der Waals surface area contributed by atoms with Crippen molar-refractivity contribution in [2.45, 2.75) is 32.2 Å². The lowest BCUT2D eigenvalue weighted by molar-refractivity contribution is 0.636. The zero-order valence-electron chi connectivity index (χ0n) is 11.0. The molecule has 0 saturated heterocycles. The fourth-order valence-corrected chi connectivity index (χ4v) is 3.40. The van der Waals surface area contributed by atoms with Crippen LogP contribution in [0.15, 0.2) is 34.8 Å². The molecule has 0 spiro atoms. The molecule has 3 nitrogen and oxygen atoms in total. The summed E-state index contributed by atoms with van der Waals surface area (Å²) in [4.78, 5) is 0. The smallest absolute Gasteiger partial charge is 0.127 e. The standard InChI is InChI=1S/C15H15BrIN3/c16-13-8-6-11(7-9-13)10-20-15(17)14(18-19-20)12-4-2-1-3-5-12/h4,6-9H,1-3,5,10H2. The van der Waals surface area contributed by atoms with Crippen LogP contribution in [0.1, 0.15) is 36.9 Å². The van der Waals surface area contributed by atoms with Gasteiger partial charge in [-0.3, -0.25) is 0 Å². The first-order valence-corrected chi connectivity index (χ1v) is 8.64. The maximum Gasteiger partial charge on any atom is 0.127 e. The average Bonchev–Trinajstić information content (AvgIpc) is 2.84. The zero-order chi connectivity index (χ0) is 13.9. The molecule has 2 aromatic rings. The summed E-state index contributed by atoms with van der Waals surface area (Å²) in [5, 5.41) is 8.70. The molecule has 0 fully saturated rings. The number of nitrogens with zero attached hydrogens (tertiary/aromatic N) is 3. The minimum absolute atomic E-state index is 0.770. The van der Waals surface area contributed by atoms with Crippen molar-refractivity contribution >= 4 is 44.1 Å². The van der Waals surface area contributed by atoms with Crippen molar-refractivity contribution in [3.63, 3.8) is 0 Å². The van der Waals surface area contributed by atoms with E-state index in [0.717, 1.165) is 26.8 Å². The molecule has 0 unspecified atom stereocenters. The van der Waals surface area contributed by atoms with E-state index in [1.54, 1.807) is 0 Å². The van der Waals surface area contributed by atoms with E-state index in [9.17, 15) is 0 Å². The molecule has 0 aliphatic heterocycles. The molecule has 3 rings (SSSR count). The van der Waals surface area contributed by atoms with Crippen LogP contribution in [0, 0.1) is 3.70 Å². The first-order chi connectivity index (χ1) is 9.74. The van der Waals surface area contributed by atoms with Crippen molar-refractivity contribution in [3.05, 3.63) is 49.8 Å². The fourth-order valence-electron chi connectivity index (χ4n) is 2.42. The lowest BCUT2D eigenvalue weighted by Gasteiger charge is -2.10. The van der Waals surface area contributed by atoms with E-state index in [1.807, 2.05) is 4.68 Å². The molecule has 5 heteroatoms. The third kappa shape index (κ3) is 3.14. The monoisotopic (exact) mass is 443 g/mol. The quantitative estimate of drug-likeness (QED) is 0.646. The Morgan fingerprint density at radius 2 is 2.00 bits per heavy atom. The van der Waals surface area contributed by atoms with Crippen molar-refractivity contribution in [1.82, 2.24) is 15.0 Å². The number of aromatic nitrogens is 3. The van der Waals surface area contributed by atoms with Gasteiger partial charge in [0.25, 0.3) is 0 Å². The van der Waals surface area contributed by atoms with Crippen LogP contribution in [-0.4, -0.2) is 15.0 Å². The molecular weight excluding hydrogens is 429 g/mol. The van der Waals surface area contributed by atoms with Gasteiger partial charge < -0.3 is 0 Å². The summed E-state index contributed by atoms with van der Waals surface area (Å²) in [6.45, 7) is 0.770. The molecule has 0 amide bonds. The number of benzene rings is 1. The van der Waals surface area contributed by atoms with Gasteiger partial charge in [-0.1, -0.05) is 39.4 Å². The maximum absolute atomic E-state index is 4.38. The van der Waals surface area contributed by atoms with Crippen LogP contribution >= 0.6 is 38.5 Å².